The Bertz CT molecular complexity index is 1170. The number of hydrogen-bond acceptors (Lipinski definition) is 7. The lowest BCUT2D eigenvalue weighted by Gasteiger charge is -2.26. The smallest absolute Gasteiger partial charge is 0.295 e. The molecular weight excluding hydrogens is 462 g/mol. The normalized spacial score (nSPS) is 20.4. The summed E-state index contributed by atoms with van der Waals surface area (Å²) in [6.45, 7) is 7.26. The van der Waals surface area contributed by atoms with Gasteiger partial charge in [-0.3, -0.25) is 9.59 Å². The van der Waals surface area contributed by atoms with Gasteiger partial charge in [0.2, 0.25) is 0 Å². The van der Waals surface area contributed by atoms with Gasteiger partial charge in [-0.2, -0.15) is 0 Å². The molecule has 2 aromatic carbocycles. The lowest BCUT2D eigenvalue weighted by Crippen LogP contribution is -2.32. The van der Waals surface area contributed by atoms with Gasteiger partial charge in [0.05, 0.1) is 31.4 Å². The minimum atomic E-state index is -0.803. The molecule has 1 N–H and O–H groups in total. The number of likely N-dealkylation sites (tertiary alicyclic amines) is 1. The topological polar surface area (TPSA) is 94.5 Å². The van der Waals surface area contributed by atoms with Gasteiger partial charge in [-0.05, 0) is 61.7 Å². The second-order valence-electron chi connectivity index (χ2n) is 8.93. The number of aliphatic hydroxyl groups excluding tert-OH is 1. The second-order valence-corrected chi connectivity index (χ2v) is 8.93. The molecule has 0 unspecified atom stereocenters. The van der Waals surface area contributed by atoms with E-state index in [0.717, 1.165) is 17.7 Å². The van der Waals surface area contributed by atoms with Gasteiger partial charge in [0.1, 0.15) is 17.6 Å². The number of rotatable bonds is 10. The molecule has 8 nitrogen and oxygen atoms in total. The van der Waals surface area contributed by atoms with Crippen molar-refractivity contribution in [1.29, 1.82) is 0 Å². The van der Waals surface area contributed by atoms with E-state index in [4.69, 9.17) is 18.9 Å². The summed E-state index contributed by atoms with van der Waals surface area (Å²) >= 11 is 0. The van der Waals surface area contributed by atoms with Crippen LogP contribution in [0.3, 0.4) is 0 Å². The summed E-state index contributed by atoms with van der Waals surface area (Å²) in [6.07, 6.45) is 1.59. The van der Waals surface area contributed by atoms with Crippen molar-refractivity contribution in [2.75, 3.05) is 33.5 Å². The molecule has 2 heterocycles. The standard InChI is InChI=1S/C28H33NO7/c1-5-12-35-22-10-7-18(16-23(22)34-6-2)25-24(27(31)28(32)29(25)11-13-33-4)26(30)19-8-9-21-20(15-19)14-17(3)36-21/h7-10,15-17,25,30H,5-6,11-14H2,1-4H3/b26-24+/t17-,25-/m1/s1. The third-order valence-electron chi connectivity index (χ3n) is 6.29. The van der Waals surface area contributed by atoms with Crippen molar-refractivity contribution in [3.63, 3.8) is 0 Å². The highest BCUT2D eigenvalue weighted by Gasteiger charge is 2.46. The minimum Gasteiger partial charge on any atom is -0.507 e. The fraction of sp³-hybridized carbons (Fsp3) is 0.429. The molecule has 8 heteroatoms. The van der Waals surface area contributed by atoms with Crippen molar-refractivity contribution in [2.45, 2.75) is 45.8 Å². The Morgan fingerprint density at radius 2 is 1.89 bits per heavy atom. The van der Waals surface area contributed by atoms with Crippen LogP contribution < -0.4 is 14.2 Å². The van der Waals surface area contributed by atoms with Crippen LogP contribution in [-0.2, 0) is 20.7 Å². The molecule has 192 valence electrons. The number of Topliss-reactive ketones (excluding diaryl/α,β-unsaturated/α-hetero) is 1. The van der Waals surface area contributed by atoms with E-state index in [1.54, 1.807) is 30.3 Å². The number of hydrogen-bond donors (Lipinski definition) is 1. The van der Waals surface area contributed by atoms with Crippen LogP contribution in [0.4, 0.5) is 0 Å². The van der Waals surface area contributed by atoms with Crippen molar-refractivity contribution in [3.05, 3.63) is 58.7 Å². The maximum absolute atomic E-state index is 13.3. The molecular formula is C28H33NO7. The third kappa shape index (κ3) is 4.91. The van der Waals surface area contributed by atoms with Gasteiger partial charge in [0.15, 0.2) is 11.5 Å². The number of ketones is 1. The van der Waals surface area contributed by atoms with Crippen LogP contribution in [0.2, 0.25) is 0 Å². The van der Waals surface area contributed by atoms with Gasteiger partial charge in [0, 0.05) is 25.6 Å². The first kappa shape index (κ1) is 25.6. The molecule has 2 aliphatic rings. The minimum absolute atomic E-state index is 0.0349. The van der Waals surface area contributed by atoms with Gasteiger partial charge in [-0.25, -0.2) is 0 Å². The summed E-state index contributed by atoms with van der Waals surface area (Å²) < 4.78 is 22.6. The molecule has 1 amide bonds. The lowest BCUT2D eigenvalue weighted by atomic mass is 9.94. The maximum atomic E-state index is 13.3. The average Bonchev–Trinajstić information content (AvgIpc) is 3.37. The van der Waals surface area contributed by atoms with Crippen molar-refractivity contribution in [3.8, 4) is 17.2 Å². The van der Waals surface area contributed by atoms with E-state index in [9.17, 15) is 14.7 Å². The van der Waals surface area contributed by atoms with Crippen molar-refractivity contribution in [2.24, 2.45) is 0 Å². The number of fused-ring (bicyclic) bond motifs is 1. The molecule has 36 heavy (non-hydrogen) atoms. The number of benzene rings is 2. The van der Waals surface area contributed by atoms with Crippen LogP contribution in [0.15, 0.2) is 42.0 Å². The van der Waals surface area contributed by atoms with Crippen molar-refractivity contribution in [1.82, 2.24) is 4.90 Å². The number of carbonyl (C=O) groups excluding carboxylic acids is 2. The molecule has 0 aliphatic carbocycles. The van der Waals surface area contributed by atoms with Crippen LogP contribution >= 0.6 is 0 Å². The zero-order chi connectivity index (χ0) is 25.8. The van der Waals surface area contributed by atoms with E-state index in [2.05, 4.69) is 0 Å². The van der Waals surface area contributed by atoms with Crippen LogP contribution in [0.25, 0.3) is 5.76 Å². The average molecular weight is 496 g/mol. The Morgan fingerprint density at radius 3 is 2.61 bits per heavy atom. The second kappa shape index (κ2) is 11.0. The highest BCUT2D eigenvalue weighted by molar-refractivity contribution is 6.46. The zero-order valence-electron chi connectivity index (χ0n) is 21.2. The SMILES string of the molecule is CCCOc1ccc([C@@H]2/C(=C(\O)c3ccc4c(c3)C[C@@H](C)O4)C(=O)C(=O)N2CCOC)cc1OCC. The summed E-state index contributed by atoms with van der Waals surface area (Å²) in [4.78, 5) is 27.8. The maximum Gasteiger partial charge on any atom is 0.295 e. The molecule has 0 radical (unpaired) electrons. The number of aliphatic hydroxyl groups is 1. The zero-order valence-corrected chi connectivity index (χ0v) is 21.2. The number of amides is 1. The molecule has 0 spiro atoms. The van der Waals surface area contributed by atoms with Crippen LogP contribution in [0.1, 0.15) is 49.9 Å². The Hall–Kier alpha value is -3.52. The van der Waals surface area contributed by atoms with E-state index in [1.165, 1.54) is 12.0 Å². The van der Waals surface area contributed by atoms with Crippen LogP contribution in [0.5, 0.6) is 17.2 Å². The first-order chi connectivity index (χ1) is 17.4. The van der Waals surface area contributed by atoms with Crippen LogP contribution in [0, 0.1) is 0 Å². The van der Waals surface area contributed by atoms with E-state index < -0.39 is 17.7 Å². The Labute approximate surface area is 211 Å². The fourth-order valence-electron chi connectivity index (χ4n) is 4.67. The number of ether oxygens (including phenoxy) is 4. The summed E-state index contributed by atoms with van der Waals surface area (Å²) in [7, 11) is 1.53. The van der Waals surface area contributed by atoms with Gasteiger partial charge in [0.25, 0.3) is 11.7 Å². The molecule has 1 saturated heterocycles. The molecule has 0 bridgehead atoms. The first-order valence-electron chi connectivity index (χ1n) is 12.4. The quantitative estimate of drug-likeness (QED) is 0.299. The Balaban J connectivity index is 1.82. The summed E-state index contributed by atoms with van der Waals surface area (Å²) in [5.74, 6) is 0.238. The molecule has 2 aromatic rings. The molecule has 2 atom stereocenters. The predicted molar refractivity (Wildman–Crippen MR) is 135 cm³/mol. The van der Waals surface area contributed by atoms with Crippen molar-refractivity contribution < 1.29 is 33.6 Å². The first-order valence-corrected chi connectivity index (χ1v) is 12.4. The highest BCUT2D eigenvalue weighted by atomic mass is 16.5. The number of nitrogens with zero attached hydrogens (tertiary/aromatic N) is 1. The van der Waals surface area contributed by atoms with Crippen LogP contribution in [-0.4, -0.2) is 61.3 Å². The number of carbonyl (C=O) groups is 2. The molecule has 0 aromatic heterocycles. The summed E-state index contributed by atoms with van der Waals surface area (Å²) in [6, 6.07) is 9.87. The van der Waals surface area contributed by atoms with E-state index in [0.29, 0.717) is 42.3 Å². The summed E-state index contributed by atoms with van der Waals surface area (Å²) in [5, 5.41) is 11.4. The van der Waals surface area contributed by atoms with E-state index >= 15 is 0 Å². The molecule has 0 saturated carbocycles. The lowest BCUT2D eigenvalue weighted by molar-refractivity contribution is -0.140. The van der Waals surface area contributed by atoms with E-state index in [1.807, 2.05) is 26.8 Å². The summed E-state index contributed by atoms with van der Waals surface area (Å²) in [5.41, 5.74) is 2.09. The monoisotopic (exact) mass is 495 g/mol. The van der Waals surface area contributed by atoms with Gasteiger partial charge >= 0.3 is 0 Å². The Kier molecular flexibility index (Phi) is 7.84. The van der Waals surface area contributed by atoms with Gasteiger partial charge < -0.3 is 29.0 Å². The van der Waals surface area contributed by atoms with Crippen molar-refractivity contribution >= 4 is 17.4 Å². The van der Waals surface area contributed by atoms with Gasteiger partial charge in [-0.1, -0.05) is 13.0 Å². The largest absolute Gasteiger partial charge is 0.507 e. The molecule has 1 fully saturated rings. The van der Waals surface area contributed by atoms with E-state index in [-0.39, 0.29) is 30.6 Å². The molecule has 2 aliphatic heterocycles. The van der Waals surface area contributed by atoms with Gasteiger partial charge in [-0.15, -0.1) is 0 Å². The molecule has 4 rings (SSSR count). The number of methoxy groups -OCH3 is 1. The fourth-order valence-corrected chi connectivity index (χ4v) is 4.67. The highest BCUT2D eigenvalue weighted by Crippen LogP contribution is 2.42. The third-order valence-corrected chi connectivity index (χ3v) is 6.29. The Morgan fingerprint density at radius 1 is 1.08 bits per heavy atom. The predicted octanol–water partition coefficient (Wildman–Crippen LogP) is 4.27.